The second-order valence-corrected chi connectivity index (χ2v) is 6.32. The molecule has 1 saturated carbocycles. The summed E-state index contributed by atoms with van der Waals surface area (Å²) in [5.41, 5.74) is 1.000. The smallest absolute Gasteiger partial charge is 0.311 e. The first-order valence-corrected chi connectivity index (χ1v) is 7.75. The fourth-order valence-corrected chi connectivity index (χ4v) is 3.94. The van der Waals surface area contributed by atoms with Gasteiger partial charge in [0.1, 0.15) is 0 Å². The van der Waals surface area contributed by atoms with Crippen LogP contribution < -0.4 is 4.90 Å². The summed E-state index contributed by atoms with van der Waals surface area (Å²) in [5.74, 6) is 0.415. The number of ether oxygens (including phenoxy) is 1. The molecule has 0 spiro atoms. The summed E-state index contributed by atoms with van der Waals surface area (Å²) in [5, 5.41) is 1.25. The highest BCUT2D eigenvalue weighted by Gasteiger charge is 2.52. The highest BCUT2D eigenvalue weighted by molar-refractivity contribution is 6.35. The highest BCUT2D eigenvalue weighted by atomic mass is 35.5. The fourth-order valence-electron chi connectivity index (χ4n) is 3.42. The van der Waals surface area contributed by atoms with Crippen molar-refractivity contribution in [2.75, 3.05) is 18.1 Å². The van der Waals surface area contributed by atoms with Crippen LogP contribution >= 0.6 is 23.2 Å². The lowest BCUT2D eigenvalue weighted by atomic mass is 9.64. The van der Waals surface area contributed by atoms with E-state index in [1.807, 2.05) is 19.1 Å². The molecule has 3 nitrogen and oxygen atoms in total. The van der Waals surface area contributed by atoms with Crippen molar-refractivity contribution in [1.29, 1.82) is 0 Å². The highest BCUT2D eigenvalue weighted by Crippen LogP contribution is 2.47. The normalized spacial score (nSPS) is 27.9. The van der Waals surface area contributed by atoms with Gasteiger partial charge >= 0.3 is 5.97 Å². The fraction of sp³-hybridized carbons (Fsp3) is 0.533. The maximum absolute atomic E-state index is 12.0. The van der Waals surface area contributed by atoms with Crippen LogP contribution in [0.5, 0.6) is 0 Å². The number of anilines is 1. The van der Waals surface area contributed by atoms with Gasteiger partial charge in [-0.15, -0.1) is 0 Å². The van der Waals surface area contributed by atoms with Crippen LogP contribution in [-0.4, -0.2) is 25.2 Å². The van der Waals surface area contributed by atoms with Crippen molar-refractivity contribution in [3.63, 3.8) is 0 Å². The second kappa shape index (κ2) is 5.45. The van der Waals surface area contributed by atoms with Gasteiger partial charge in [0.25, 0.3) is 0 Å². The van der Waals surface area contributed by atoms with Gasteiger partial charge < -0.3 is 9.64 Å². The zero-order valence-corrected chi connectivity index (χ0v) is 12.8. The summed E-state index contributed by atoms with van der Waals surface area (Å²) < 4.78 is 5.20. The average molecular weight is 314 g/mol. The predicted molar refractivity (Wildman–Crippen MR) is 80.4 cm³/mol. The molecular weight excluding hydrogens is 297 g/mol. The Morgan fingerprint density at radius 2 is 2.05 bits per heavy atom. The van der Waals surface area contributed by atoms with Gasteiger partial charge in [-0.25, -0.2) is 0 Å². The van der Waals surface area contributed by atoms with Crippen LogP contribution in [0.2, 0.25) is 10.0 Å². The third-order valence-corrected chi connectivity index (χ3v) is 4.78. The van der Waals surface area contributed by atoms with E-state index in [-0.39, 0.29) is 17.9 Å². The number of rotatable bonds is 3. The van der Waals surface area contributed by atoms with Crippen molar-refractivity contribution in [3.8, 4) is 0 Å². The topological polar surface area (TPSA) is 29.5 Å². The summed E-state index contributed by atoms with van der Waals surface area (Å²) in [7, 11) is 0. The van der Waals surface area contributed by atoms with Crippen LogP contribution in [0.25, 0.3) is 0 Å². The van der Waals surface area contributed by atoms with Crippen molar-refractivity contribution in [2.24, 2.45) is 11.8 Å². The van der Waals surface area contributed by atoms with E-state index >= 15 is 0 Å². The monoisotopic (exact) mass is 313 g/mol. The number of piperidine rings is 2. The van der Waals surface area contributed by atoms with Crippen LogP contribution in [0, 0.1) is 11.8 Å². The number of esters is 1. The minimum atomic E-state index is -0.0634. The summed E-state index contributed by atoms with van der Waals surface area (Å²) in [6.07, 6.45) is 2.07. The van der Waals surface area contributed by atoms with E-state index in [1.54, 1.807) is 6.07 Å². The number of hydrogen-bond donors (Lipinski definition) is 0. The number of benzene rings is 1. The Morgan fingerprint density at radius 3 is 2.65 bits per heavy atom. The van der Waals surface area contributed by atoms with Crippen LogP contribution in [0.3, 0.4) is 0 Å². The van der Waals surface area contributed by atoms with Crippen molar-refractivity contribution < 1.29 is 9.53 Å². The molecule has 2 heterocycles. The van der Waals surface area contributed by atoms with Crippen LogP contribution in [-0.2, 0) is 9.53 Å². The Hall–Kier alpha value is -0.930. The Morgan fingerprint density at radius 1 is 1.35 bits per heavy atom. The molecule has 4 rings (SSSR count). The number of halogens is 2. The van der Waals surface area contributed by atoms with Crippen molar-refractivity contribution in [1.82, 2.24) is 0 Å². The molecule has 20 heavy (non-hydrogen) atoms. The molecular formula is C15H17Cl2NO2. The standard InChI is InChI=1S/C15H17Cl2NO2/c1-2-20-15(19)14-9-3-4-18(13(14)5-9)12-7-10(16)6-11(17)8-12/h6-9,13-14H,2-5H2,1H3. The van der Waals surface area contributed by atoms with Gasteiger partial charge in [0.05, 0.1) is 12.5 Å². The van der Waals surface area contributed by atoms with Crippen LogP contribution in [0.15, 0.2) is 18.2 Å². The Labute approximate surface area is 128 Å². The number of carbonyl (C=O) groups is 1. The maximum atomic E-state index is 12.0. The van der Waals surface area contributed by atoms with E-state index in [1.165, 1.54) is 0 Å². The molecule has 0 N–H and O–H groups in total. The van der Waals surface area contributed by atoms with Gasteiger partial charge in [0.15, 0.2) is 0 Å². The molecule has 3 unspecified atom stereocenters. The second-order valence-electron chi connectivity index (χ2n) is 5.45. The molecule has 0 radical (unpaired) electrons. The molecule has 3 atom stereocenters. The summed E-state index contributed by atoms with van der Waals surface area (Å²) in [4.78, 5) is 14.3. The molecule has 0 aromatic heterocycles. The Balaban J connectivity index is 1.82. The number of nitrogens with zero attached hydrogens (tertiary/aromatic N) is 1. The number of carbonyl (C=O) groups excluding carboxylic acids is 1. The van der Waals surface area contributed by atoms with Crippen LogP contribution in [0.1, 0.15) is 19.8 Å². The molecule has 5 heteroatoms. The van der Waals surface area contributed by atoms with Gasteiger partial charge in [-0.2, -0.15) is 0 Å². The summed E-state index contributed by atoms with van der Waals surface area (Å²) >= 11 is 12.2. The zero-order chi connectivity index (χ0) is 14.3. The molecule has 108 valence electrons. The molecule has 1 aromatic carbocycles. The molecule has 3 fully saturated rings. The van der Waals surface area contributed by atoms with E-state index in [0.717, 1.165) is 25.1 Å². The van der Waals surface area contributed by atoms with Gasteiger partial charge in [-0.3, -0.25) is 4.79 Å². The van der Waals surface area contributed by atoms with Gasteiger partial charge in [0, 0.05) is 28.3 Å². The lowest BCUT2D eigenvalue weighted by Gasteiger charge is -2.54. The molecule has 1 aromatic rings. The maximum Gasteiger partial charge on any atom is 0.311 e. The zero-order valence-electron chi connectivity index (χ0n) is 11.3. The largest absolute Gasteiger partial charge is 0.466 e. The number of hydrogen-bond acceptors (Lipinski definition) is 3. The van der Waals surface area contributed by atoms with E-state index in [9.17, 15) is 4.79 Å². The summed E-state index contributed by atoms with van der Waals surface area (Å²) in [6, 6.07) is 5.77. The third kappa shape index (κ3) is 2.38. The SMILES string of the molecule is CCOC(=O)C1C2CCN(c3cc(Cl)cc(Cl)c3)C1C2. The molecule has 1 aliphatic carbocycles. The van der Waals surface area contributed by atoms with E-state index < -0.39 is 0 Å². The molecule has 0 amide bonds. The first-order chi connectivity index (χ1) is 9.60. The lowest BCUT2D eigenvalue weighted by molar-refractivity contribution is -0.157. The van der Waals surface area contributed by atoms with Crippen molar-refractivity contribution >= 4 is 34.9 Å². The van der Waals surface area contributed by atoms with Gasteiger partial charge in [-0.1, -0.05) is 23.2 Å². The van der Waals surface area contributed by atoms with E-state index in [2.05, 4.69) is 4.90 Å². The van der Waals surface area contributed by atoms with E-state index in [0.29, 0.717) is 22.6 Å². The molecule has 3 aliphatic rings. The van der Waals surface area contributed by atoms with Crippen LogP contribution in [0.4, 0.5) is 5.69 Å². The minimum absolute atomic E-state index is 0.00135. The van der Waals surface area contributed by atoms with Gasteiger partial charge in [0.2, 0.25) is 0 Å². The van der Waals surface area contributed by atoms with Crippen molar-refractivity contribution in [2.45, 2.75) is 25.8 Å². The van der Waals surface area contributed by atoms with Gasteiger partial charge in [-0.05, 0) is 43.9 Å². The molecule has 2 bridgehead atoms. The quantitative estimate of drug-likeness (QED) is 0.795. The predicted octanol–water partition coefficient (Wildman–Crippen LogP) is 3.77. The first kappa shape index (κ1) is 14.0. The summed E-state index contributed by atoms with van der Waals surface area (Å²) in [6.45, 7) is 3.24. The average Bonchev–Trinajstić information content (AvgIpc) is 2.37. The molecule has 2 saturated heterocycles. The first-order valence-electron chi connectivity index (χ1n) is 6.99. The minimum Gasteiger partial charge on any atom is -0.466 e. The number of fused-ring (bicyclic) bond motifs is 2. The third-order valence-electron chi connectivity index (χ3n) is 4.35. The Bertz CT molecular complexity index is 512. The van der Waals surface area contributed by atoms with E-state index in [4.69, 9.17) is 27.9 Å². The van der Waals surface area contributed by atoms with Crippen molar-refractivity contribution in [3.05, 3.63) is 28.2 Å². The lowest BCUT2D eigenvalue weighted by Crippen LogP contribution is -2.61. The molecule has 2 aliphatic heterocycles. The Kier molecular flexibility index (Phi) is 3.83.